The third-order valence-corrected chi connectivity index (χ3v) is 1.71. The molecule has 0 aromatic rings. The van der Waals surface area contributed by atoms with Gasteiger partial charge in [0, 0.05) is 19.5 Å². The van der Waals surface area contributed by atoms with Gasteiger partial charge in [-0.25, -0.2) is 0 Å². The Kier molecular flexibility index (Phi) is 9.92. The van der Waals surface area contributed by atoms with Crippen molar-refractivity contribution in [2.24, 2.45) is 0 Å². The van der Waals surface area contributed by atoms with Gasteiger partial charge in [0.25, 0.3) is 0 Å². The largest absolute Gasteiger partial charge is 0.391 e. The third-order valence-electron chi connectivity index (χ3n) is 1.53. The molecule has 0 radical (unpaired) electrons. The predicted molar refractivity (Wildman–Crippen MR) is 55.2 cm³/mol. The minimum absolute atomic E-state index is 0.366. The van der Waals surface area contributed by atoms with Gasteiger partial charge in [-0.3, -0.25) is 0 Å². The molecule has 1 atom stereocenters. The van der Waals surface area contributed by atoms with Crippen LogP contribution in [0.25, 0.3) is 0 Å². The van der Waals surface area contributed by atoms with E-state index in [2.05, 4.69) is 5.32 Å². The summed E-state index contributed by atoms with van der Waals surface area (Å²) in [5, 5.41) is 12.4. The normalized spacial score (nSPS) is 13.8. The van der Waals surface area contributed by atoms with E-state index in [1.165, 1.54) is 0 Å². The maximum atomic E-state index is 9.25. The number of hydrogen-bond donors (Lipinski definition) is 2. The van der Waals surface area contributed by atoms with E-state index in [1.807, 2.05) is 12.2 Å². The summed E-state index contributed by atoms with van der Waals surface area (Å²) in [6.07, 6.45) is 4.20. The molecule has 13 heavy (non-hydrogen) atoms. The molecule has 0 aromatic heterocycles. The van der Waals surface area contributed by atoms with E-state index in [-0.39, 0.29) is 6.10 Å². The quantitative estimate of drug-likeness (QED) is 0.351. The Hall–Kier alpha value is -0.0900. The Morgan fingerprint density at radius 1 is 1.54 bits per heavy atom. The van der Waals surface area contributed by atoms with E-state index < -0.39 is 0 Å². The molecule has 0 fully saturated rings. The summed E-state index contributed by atoms with van der Waals surface area (Å²) in [6.45, 7) is 1.99. The average Bonchev–Trinajstić information content (AvgIpc) is 2.11. The van der Waals surface area contributed by atoms with Crippen molar-refractivity contribution in [3.63, 3.8) is 0 Å². The van der Waals surface area contributed by atoms with E-state index in [9.17, 15) is 5.11 Å². The van der Waals surface area contributed by atoms with Crippen molar-refractivity contribution in [2.75, 3.05) is 32.7 Å². The highest BCUT2D eigenvalue weighted by Crippen LogP contribution is 1.89. The van der Waals surface area contributed by atoms with E-state index in [0.717, 1.165) is 13.1 Å². The molecule has 0 heterocycles. The Morgan fingerprint density at radius 2 is 2.31 bits per heavy atom. The zero-order valence-corrected chi connectivity index (χ0v) is 8.76. The average molecular weight is 208 g/mol. The van der Waals surface area contributed by atoms with Gasteiger partial charge in [-0.15, -0.1) is 11.6 Å². The Bertz CT molecular complexity index is 131. The molecule has 2 N–H and O–H groups in total. The fourth-order valence-electron chi connectivity index (χ4n) is 0.876. The van der Waals surface area contributed by atoms with Crippen LogP contribution in [0.4, 0.5) is 0 Å². The smallest absolute Gasteiger partial charge is 0.0785 e. The number of aliphatic hydroxyl groups excluding tert-OH is 1. The number of alkyl halides is 1. The van der Waals surface area contributed by atoms with Crippen molar-refractivity contribution in [1.29, 1.82) is 0 Å². The van der Waals surface area contributed by atoms with Crippen LogP contribution >= 0.6 is 11.6 Å². The zero-order valence-electron chi connectivity index (χ0n) is 8.00. The summed E-state index contributed by atoms with van der Waals surface area (Å²) >= 11 is 5.43. The standard InChI is InChI=1S/C9H18ClNO2/c1-13-8-9(12)4-7-11-6-3-2-5-10/h2-3,9,11-12H,4-8H2,1H3/b3-2+. The molecule has 0 aliphatic rings. The molecule has 0 saturated heterocycles. The minimum atomic E-state index is -0.366. The van der Waals surface area contributed by atoms with Gasteiger partial charge in [0.1, 0.15) is 0 Å². The van der Waals surface area contributed by atoms with Crippen LogP contribution in [-0.2, 0) is 4.74 Å². The molecule has 0 spiro atoms. The van der Waals surface area contributed by atoms with Crippen LogP contribution < -0.4 is 5.32 Å². The number of nitrogens with one attached hydrogen (secondary N) is 1. The molecule has 0 saturated carbocycles. The molecule has 4 heteroatoms. The SMILES string of the molecule is COCC(O)CCNC/C=C/CCl. The molecule has 0 amide bonds. The highest BCUT2D eigenvalue weighted by atomic mass is 35.5. The van der Waals surface area contributed by atoms with Crippen LogP contribution in [0.5, 0.6) is 0 Å². The maximum Gasteiger partial charge on any atom is 0.0785 e. The van der Waals surface area contributed by atoms with Crippen molar-refractivity contribution in [2.45, 2.75) is 12.5 Å². The van der Waals surface area contributed by atoms with Crippen molar-refractivity contribution < 1.29 is 9.84 Å². The fraction of sp³-hybridized carbons (Fsp3) is 0.778. The van der Waals surface area contributed by atoms with Gasteiger partial charge in [-0.05, 0) is 13.0 Å². The van der Waals surface area contributed by atoms with E-state index in [0.29, 0.717) is 18.9 Å². The summed E-state index contributed by atoms with van der Waals surface area (Å²) < 4.78 is 4.79. The fourth-order valence-corrected chi connectivity index (χ4v) is 1.00. The lowest BCUT2D eigenvalue weighted by molar-refractivity contribution is 0.0596. The van der Waals surface area contributed by atoms with Crippen LogP contribution in [0.2, 0.25) is 0 Å². The lowest BCUT2D eigenvalue weighted by Gasteiger charge is -2.08. The molecule has 0 bridgehead atoms. The van der Waals surface area contributed by atoms with E-state index >= 15 is 0 Å². The second-order valence-electron chi connectivity index (χ2n) is 2.73. The summed E-state index contributed by atoms with van der Waals surface area (Å²) in [7, 11) is 1.58. The first-order valence-corrected chi connectivity index (χ1v) is 4.93. The second kappa shape index (κ2) is 9.99. The predicted octanol–water partition coefficient (Wildman–Crippen LogP) is 0.768. The molecule has 0 aliphatic carbocycles. The number of rotatable bonds is 8. The molecule has 78 valence electrons. The highest BCUT2D eigenvalue weighted by Gasteiger charge is 2.00. The maximum absolute atomic E-state index is 9.25. The molecule has 1 unspecified atom stereocenters. The van der Waals surface area contributed by atoms with Gasteiger partial charge >= 0.3 is 0 Å². The van der Waals surface area contributed by atoms with Crippen molar-refractivity contribution >= 4 is 11.6 Å². The molecule has 0 aromatic carbocycles. The third kappa shape index (κ3) is 9.83. The highest BCUT2D eigenvalue weighted by molar-refractivity contribution is 6.18. The topological polar surface area (TPSA) is 41.5 Å². The van der Waals surface area contributed by atoms with Crippen LogP contribution in [0.1, 0.15) is 6.42 Å². The molecule has 0 rings (SSSR count). The van der Waals surface area contributed by atoms with Crippen molar-refractivity contribution in [3.05, 3.63) is 12.2 Å². The van der Waals surface area contributed by atoms with Gasteiger partial charge in [-0.2, -0.15) is 0 Å². The molecule has 3 nitrogen and oxygen atoms in total. The van der Waals surface area contributed by atoms with Gasteiger partial charge in [0.15, 0.2) is 0 Å². The van der Waals surface area contributed by atoms with Gasteiger partial charge < -0.3 is 15.2 Å². The van der Waals surface area contributed by atoms with Gasteiger partial charge in [0.2, 0.25) is 0 Å². The lowest BCUT2D eigenvalue weighted by atomic mass is 10.2. The number of hydrogen-bond acceptors (Lipinski definition) is 3. The van der Waals surface area contributed by atoms with Crippen LogP contribution in [-0.4, -0.2) is 43.9 Å². The summed E-state index contributed by atoms with van der Waals surface area (Å²) in [5.74, 6) is 0.550. The van der Waals surface area contributed by atoms with Crippen LogP contribution in [0.3, 0.4) is 0 Å². The first kappa shape index (κ1) is 12.9. The van der Waals surface area contributed by atoms with Gasteiger partial charge in [0.05, 0.1) is 12.7 Å². The lowest BCUT2D eigenvalue weighted by Crippen LogP contribution is -2.23. The van der Waals surface area contributed by atoms with Crippen LogP contribution in [0.15, 0.2) is 12.2 Å². The first-order chi connectivity index (χ1) is 6.31. The Balaban J connectivity index is 3.10. The number of aliphatic hydroxyl groups is 1. The van der Waals surface area contributed by atoms with Crippen molar-refractivity contribution in [3.8, 4) is 0 Å². The minimum Gasteiger partial charge on any atom is -0.391 e. The van der Waals surface area contributed by atoms with E-state index in [4.69, 9.17) is 16.3 Å². The number of methoxy groups -OCH3 is 1. The monoisotopic (exact) mass is 207 g/mol. The number of halogens is 1. The Labute approximate surface area is 84.7 Å². The van der Waals surface area contributed by atoms with Crippen LogP contribution in [0, 0.1) is 0 Å². The zero-order chi connectivity index (χ0) is 9.94. The summed E-state index contributed by atoms with van der Waals surface area (Å²) in [6, 6.07) is 0. The van der Waals surface area contributed by atoms with E-state index in [1.54, 1.807) is 7.11 Å². The summed E-state index contributed by atoms with van der Waals surface area (Å²) in [5.41, 5.74) is 0. The molecular formula is C9H18ClNO2. The first-order valence-electron chi connectivity index (χ1n) is 4.40. The van der Waals surface area contributed by atoms with Gasteiger partial charge in [-0.1, -0.05) is 12.2 Å². The van der Waals surface area contributed by atoms with Crippen molar-refractivity contribution in [1.82, 2.24) is 5.32 Å². The molecular weight excluding hydrogens is 190 g/mol. The summed E-state index contributed by atoms with van der Waals surface area (Å²) in [4.78, 5) is 0. The Morgan fingerprint density at radius 3 is 2.92 bits per heavy atom. The number of ether oxygens (including phenoxy) is 1. The molecule has 0 aliphatic heterocycles. The second-order valence-corrected chi connectivity index (χ2v) is 3.04. The number of allylic oxidation sites excluding steroid dienone is 1.